The van der Waals surface area contributed by atoms with Crippen LogP contribution in [0, 0.1) is 0 Å². The van der Waals surface area contributed by atoms with Gasteiger partial charge in [-0.3, -0.25) is 4.57 Å². The summed E-state index contributed by atoms with van der Waals surface area (Å²) in [4.78, 5) is 0. The van der Waals surface area contributed by atoms with Crippen molar-refractivity contribution in [2.75, 3.05) is 13.2 Å². The van der Waals surface area contributed by atoms with Gasteiger partial charge in [-0.2, -0.15) is 0 Å². The Kier molecular flexibility index (Phi) is 4.90. The molecule has 0 atom stereocenters. The summed E-state index contributed by atoms with van der Waals surface area (Å²) in [5.74, 6) is 0. The number of aliphatic hydroxyl groups is 1. The minimum absolute atomic E-state index is 0.0201. The second-order valence-electron chi connectivity index (χ2n) is 1.32. The summed E-state index contributed by atoms with van der Waals surface area (Å²) in [6.45, 7) is 0.106. The molecule has 0 fully saturated rings. The smallest absolute Gasteiger partial charge is 0.380 e. The topological polar surface area (TPSA) is 46.5 Å². The molecule has 0 unspecified atom stereocenters. The Hall–Kier alpha value is 0.730. The van der Waals surface area contributed by atoms with E-state index < -0.39 is 6.07 Å². The van der Waals surface area contributed by atoms with E-state index in [9.17, 15) is 4.57 Å². The molecule has 0 radical (unpaired) electrons. The molecule has 0 aromatic carbocycles. The van der Waals surface area contributed by atoms with Gasteiger partial charge in [-0.1, -0.05) is 0 Å². The van der Waals surface area contributed by atoms with Crippen molar-refractivity contribution in [2.24, 2.45) is 0 Å². The Morgan fingerprint density at radius 2 is 2.11 bits per heavy atom. The van der Waals surface area contributed by atoms with Gasteiger partial charge < -0.3 is 9.63 Å². The summed E-state index contributed by atoms with van der Waals surface area (Å²) in [7, 11) is 0. The van der Waals surface area contributed by atoms with Crippen LogP contribution in [-0.2, 0) is 9.09 Å². The predicted octanol–water partition coefficient (Wildman–Crippen LogP) is 1.97. The number of aliphatic hydroxyl groups excluding tert-OH is 1. The van der Waals surface area contributed by atoms with Crippen LogP contribution >= 0.6 is 28.6 Å². The number of hydrogen-bond donors (Lipinski definition) is 1. The van der Waals surface area contributed by atoms with Crippen LogP contribution < -0.4 is 0 Å². The van der Waals surface area contributed by atoms with Gasteiger partial charge in [0, 0.05) is 6.61 Å². The molecule has 0 aliphatic carbocycles. The highest BCUT2D eigenvalue weighted by molar-refractivity contribution is 8.05. The van der Waals surface area contributed by atoms with Crippen molar-refractivity contribution in [1.82, 2.24) is 0 Å². The van der Waals surface area contributed by atoms with Crippen LogP contribution in [0.5, 0.6) is 0 Å². The number of hydrogen-bond acceptors (Lipinski definition) is 3. The van der Waals surface area contributed by atoms with E-state index in [0.717, 1.165) is 0 Å². The van der Waals surface area contributed by atoms with Crippen LogP contribution in [0.4, 0.5) is 0 Å². The van der Waals surface area contributed by atoms with Gasteiger partial charge in [-0.05, 0) is 28.9 Å². The van der Waals surface area contributed by atoms with Gasteiger partial charge in [0.25, 0.3) is 0 Å². The third kappa shape index (κ3) is 8.73. The maximum absolute atomic E-state index is 10.3. The lowest BCUT2D eigenvalue weighted by Crippen LogP contribution is -1.90. The molecule has 0 aromatic heterocycles. The van der Waals surface area contributed by atoms with E-state index in [-0.39, 0.29) is 13.2 Å². The fourth-order valence-electron chi connectivity index (χ4n) is 0.235. The van der Waals surface area contributed by atoms with Crippen molar-refractivity contribution >= 4 is 28.6 Å². The summed E-state index contributed by atoms with van der Waals surface area (Å²) in [5, 5.41) is 8.21. The molecule has 6 heteroatoms. The van der Waals surface area contributed by atoms with Crippen LogP contribution in [0.3, 0.4) is 0 Å². The first-order valence-corrected chi connectivity index (χ1v) is 5.74. The second-order valence-corrected chi connectivity index (χ2v) is 5.60. The number of rotatable bonds is 4. The van der Waals surface area contributed by atoms with Crippen molar-refractivity contribution in [3.05, 3.63) is 0 Å². The second kappa shape index (κ2) is 4.53. The summed E-state index contributed by atoms with van der Waals surface area (Å²) in [6, 6.07) is 0. The molecule has 0 aliphatic rings. The Morgan fingerprint density at radius 1 is 1.56 bits per heavy atom. The first kappa shape index (κ1) is 9.73. The van der Waals surface area contributed by atoms with Gasteiger partial charge in [0.2, 0.25) is 0 Å². The zero-order valence-corrected chi connectivity index (χ0v) is 6.99. The van der Waals surface area contributed by atoms with Gasteiger partial charge in [-0.25, -0.2) is 0 Å². The van der Waals surface area contributed by atoms with Gasteiger partial charge in [0.1, 0.15) is 0 Å². The molecule has 0 spiro atoms. The fourth-order valence-corrected chi connectivity index (χ4v) is 0.991. The van der Waals surface area contributed by atoms with Crippen LogP contribution in [0.25, 0.3) is 0 Å². The minimum atomic E-state index is -3.36. The maximum Gasteiger partial charge on any atom is 0.380 e. The SMILES string of the molecule is O=P(Cl)(Cl)OCCCO. The standard InChI is InChI=1S/C3H7Cl2O3P/c4-9(5,7)8-3-1-2-6/h6H,1-3H2. The van der Waals surface area contributed by atoms with Crippen molar-refractivity contribution < 1.29 is 14.2 Å². The van der Waals surface area contributed by atoms with Crippen LogP contribution in [0.15, 0.2) is 0 Å². The molecule has 0 aromatic rings. The van der Waals surface area contributed by atoms with Crippen molar-refractivity contribution in [2.45, 2.75) is 6.42 Å². The molecule has 3 nitrogen and oxygen atoms in total. The van der Waals surface area contributed by atoms with E-state index in [1.807, 2.05) is 0 Å². The van der Waals surface area contributed by atoms with Crippen LogP contribution in [0.1, 0.15) is 6.42 Å². The highest BCUT2D eigenvalue weighted by Gasteiger charge is 2.12. The number of halogens is 2. The highest BCUT2D eigenvalue weighted by atomic mass is 35.9. The molecular weight excluding hydrogens is 186 g/mol. The third-order valence-corrected chi connectivity index (χ3v) is 1.61. The molecule has 0 bridgehead atoms. The molecule has 0 aliphatic heterocycles. The lowest BCUT2D eigenvalue weighted by atomic mass is 10.5. The molecule has 0 rings (SSSR count). The average Bonchev–Trinajstić information content (AvgIpc) is 1.63. The Labute approximate surface area is 62.9 Å². The molecule has 0 saturated carbocycles. The monoisotopic (exact) mass is 192 g/mol. The van der Waals surface area contributed by atoms with Crippen molar-refractivity contribution in [1.29, 1.82) is 0 Å². The van der Waals surface area contributed by atoms with Crippen molar-refractivity contribution in [3.8, 4) is 0 Å². The zero-order chi connectivity index (χ0) is 7.33. The van der Waals surface area contributed by atoms with Crippen LogP contribution in [-0.4, -0.2) is 18.3 Å². The highest BCUT2D eigenvalue weighted by Crippen LogP contribution is 2.57. The molecular formula is C3H7Cl2O3P. The summed E-state index contributed by atoms with van der Waals surface area (Å²) >= 11 is 9.97. The van der Waals surface area contributed by atoms with Crippen molar-refractivity contribution in [3.63, 3.8) is 0 Å². The summed E-state index contributed by atoms with van der Waals surface area (Å²) in [6.07, 6.45) is -2.97. The van der Waals surface area contributed by atoms with Gasteiger partial charge >= 0.3 is 6.07 Å². The van der Waals surface area contributed by atoms with E-state index in [0.29, 0.717) is 6.42 Å². The van der Waals surface area contributed by atoms with Gasteiger partial charge in [0.05, 0.1) is 6.61 Å². The van der Waals surface area contributed by atoms with Crippen LogP contribution in [0.2, 0.25) is 0 Å². The molecule has 56 valence electrons. The summed E-state index contributed by atoms with van der Waals surface area (Å²) < 4.78 is 14.7. The largest absolute Gasteiger partial charge is 0.396 e. The predicted molar refractivity (Wildman–Crippen MR) is 37.0 cm³/mol. The lowest BCUT2D eigenvalue weighted by molar-refractivity contribution is 0.240. The first-order chi connectivity index (χ1) is 4.06. The fraction of sp³-hybridized carbons (Fsp3) is 1.00. The Bertz CT molecular complexity index is 112. The zero-order valence-electron chi connectivity index (χ0n) is 4.59. The molecule has 0 saturated heterocycles. The first-order valence-electron chi connectivity index (χ1n) is 2.31. The molecule has 9 heavy (non-hydrogen) atoms. The van der Waals surface area contributed by atoms with E-state index in [2.05, 4.69) is 4.52 Å². The maximum atomic E-state index is 10.3. The Balaban J connectivity index is 3.18. The summed E-state index contributed by atoms with van der Waals surface area (Å²) in [5.41, 5.74) is 0. The van der Waals surface area contributed by atoms with E-state index >= 15 is 0 Å². The average molecular weight is 193 g/mol. The molecule has 1 N–H and O–H groups in total. The third-order valence-electron chi connectivity index (χ3n) is 0.544. The quantitative estimate of drug-likeness (QED) is 0.548. The molecule has 0 amide bonds. The van der Waals surface area contributed by atoms with Gasteiger partial charge in [0.15, 0.2) is 0 Å². The van der Waals surface area contributed by atoms with Gasteiger partial charge in [-0.15, -0.1) is 0 Å². The normalized spacial score (nSPS) is 11.9. The van der Waals surface area contributed by atoms with E-state index in [1.165, 1.54) is 0 Å². The Morgan fingerprint density at radius 3 is 2.44 bits per heavy atom. The van der Waals surface area contributed by atoms with E-state index in [1.54, 1.807) is 0 Å². The lowest BCUT2D eigenvalue weighted by Gasteiger charge is -2.00. The van der Waals surface area contributed by atoms with E-state index in [4.69, 9.17) is 27.6 Å². The minimum Gasteiger partial charge on any atom is -0.396 e. The molecule has 0 heterocycles.